The van der Waals surface area contributed by atoms with Gasteiger partial charge in [-0.15, -0.1) is 11.3 Å². The van der Waals surface area contributed by atoms with Crippen molar-refractivity contribution in [1.82, 2.24) is 4.57 Å². The van der Waals surface area contributed by atoms with Crippen LogP contribution in [0.15, 0.2) is 146 Å². The first-order chi connectivity index (χ1) is 26.0. The SMILES string of the molecule is C=C1C=C(c2ccccc2)Oc2cc3c(cc21)[B]c1c(-c2c(Nc4ccc(C)cc4)ccc4sc5ccccc5c24)cc(C)c2c4ccccc4n-3c12. The molecular weight excluding hydrogens is 663 g/mol. The number of anilines is 2. The monoisotopic (exact) mass is 695 g/mol. The van der Waals surface area contributed by atoms with Gasteiger partial charge >= 0.3 is 0 Å². The molecule has 2 aromatic heterocycles. The van der Waals surface area contributed by atoms with E-state index in [9.17, 15) is 0 Å². The lowest BCUT2D eigenvalue weighted by Crippen LogP contribution is -2.38. The summed E-state index contributed by atoms with van der Waals surface area (Å²) >= 11 is 1.86. The average molecular weight is 696 g/mol. The fourth-order valence-electron chi connectivity index (χ4n) is 8.50. The summed E-state index contributed by atoms with van der Waals surface area (Å²) in [6.07, 6.45) is 2.06. The van der Waals surface area contributed by atoms with Crippen molar-refractivity contribution in [2.45, 2.75) is 13.8 Å². The molecule has 9 aromatic rings. The van der Waals surface area contributed by atoms with Gasteiger partial charge in [0.25, 0.3) is 0 Å². The van der Waals surface area contributed by atoms with Gasteiger partial charge in [-0.2, -0.15) is 0 Å². The summed E-state index contributed by atoms with van der Waals surface area (Å²) in [5, 5.41) is 8.95. The molecule has 0 saturated heterocycles. The molecule has 5 heteroatoms. The van der Waals surface area contributed by atoms with Gasteiger partial charge in [0.15, 0.2) is 7.28 Å². The summed E-state index contributed by atoms with van der Waals surface area (Å²) in [4.78, 5) is 0. The zero-order valence-electron chi connectivity index (χ0n) is 29.3. The van der Waals surface area contributed by atoms with Crippen molar-refractivity contribution in [3.63, 3.8) is 0 Å². The number of fused-ring (bicyclic) bond motifs is 9. The lowest BCUT2D eigenvalue weighted by molar-refractivity contribution is 0.509. The summed E-state index contributed by atoms with van der Waals surface area (Å²) < 4.78 is 11.7. The number of hydrogen-bond acceptors (Lipinski definition) is 3. The van der Waals surface area contributed by atoms with Crippen LogP contribution in [0.3, 0.4) is 0 Å². The number of nitrogens with one attached hydrogen (secondary N) is 1. The molecule has 0 fully saturated rings. The Morgan fingerprint density at radius 1 is 0.717 bits per heavy atom. The number of ether oxygens (including phenoxy) is 1. The summed E-state index contributed by atoms with van der Waals surface area (Å²) in [6.45, 7) is 8.91. The smallest absolute Gasteiger partial charge is 0.197 e. The van der Waals surface area contributed by atoms with Gasteiger partial charge in [-0.1, -0.05) is 109 Å². The van der Waals surface area contributed by atoms with Gasteiger partial charge in [-0.3, -0.25) is 0 Å². The number of nitrogens with zero attached hydrogens (tertiary/aromatic N) is 1. The maximum atomic E-state index is 6.67. The van der Waals surface area contributed by atoms with Crippen molar-refractivity contribution < 1.29 is 4.74 Å². The molecule has 4 heterocycles. The third-order valence-corrected chi connectivity index (χ3v) is 12.1. The number of benzene rings is 7. The first kappa shape index (κ1) is 30.3. The molecule has 0 saturated carbocycles. The molecule has 249 valence electrons. The molecule has 0 amide bonds. The summed E-state index contributed by atoms with van der Waals surface area (Å²) in [7, 11) is 2.40. The maximum absolute atomic E-state index is 6.67. The lowest BCUT2D eigenvalue weighted by atomic mass is 9.58. The number of para-hydroxylation sites is 1. The molecule has 2 aliphatic rings. The van der Waals surface area contributed by atoms with E-state index in [0.717, 1.165) is 50.7 Å². The van der Waals surface area contributed by atoms with Crippen LogP contribution in [-0.4, -0.2) is 11.8 Å². The predicted octanol–water partition coefficient (Wildman–Crippen LogP) is 11.6. The predicted molar refractivity (Wildman–Crippen MR) is 227 cm³/mol. The highest BCUT2D eigenvalue weighted by Crippen LogP contribution is 2.47. The second-order valence-corrected chi connectivity index (χ2v) is 15.3. The molecular formula is C48H32BN2OS. The van der Waals surface area contributed by atoms with E-state index in [1.807, 2.05) is 29.5 Å². The molecule has 0 aliphatic carbocycles. The van der Waals surface area contributed by atoms with E-state index in [2.05, 4.69) is 159 Å². The molecule has 0 spiro atoms. The van der Waals surface area contributed by atoms with Gasteiger partial charge in [0.05, 0.1) is 5.52 Å². The van der Waals surface area contributed by atoms with Gasteiger partial charge < -0.3 is 14.6 Å². The molecule has 7 aromatic carbocycles. The Bertz CT molecular complexity index is 3060. The summed E-state index contributed by atoms with van der Waals surface area (Å²) in [6, 6.07) is 48.0. The molecule has 11 rings (SSSR count). The van der Waals surface area contributed by atoms with Crippen molar-refractivity contribution in [2.75, 3.05) is 5.32 Å². The first-order valence-electron chi connectivity index (χ1n) is 18.0. The maximum Gasteiger partial charge on any atom is 0.197 e. The highest BCUT2D eigenvalue weighted by atomic mass is 32.1. The molecule has 2 aliphatic heterocycles. The van der Waals surface area contributed by atoms with E-state index >= 15 is 0 Å². The second kappa shape index (κ2) is 11.4. The van der Waals surface area contributed by atoms with Crippen molar-refractivity contribution in [3.8, 4) is 22.6 Å². The Labute approximate surface area is 312 Å². The van der Waals surface area contributed by atoms with Crippen LogP contribution in [0.1, 0.15) is 22.3 Å². The van der Waals surface area contributed by atoms with Crippen molar-refractivity contribution in [2.24, 2.45) is 0 Å². The number of rotatable bonds is 4. The van der Waals surface area contributed by atoms with Crippen LogP contribution in [0.5, 0.6) is 5.75 Å². The van der Waals surface area contributed by atoms with E-state index in [1.165, 1.54) is 69.7 Å². The molecule has 3 nitrogen and oxygen atoms in total. The van der Waals surface area contributed by atoms with E-state index < -0.39 is 0 Å². The van der Waals surface area contributed by atoms with Gasteiger partial charge in [-0.25, -0.2) is 0 Å². The minimum absolute atomic E-state index is 0.813. The third kappa shape index (κ3) is 4.54. The Kier molecular flexibility index (Phi) is 6.50. The fraction of sp³-hybridized carbons (Fsp3) is 0.0417. The van der Waals surface area contributed by atoms with Crippen LogP contribution < -0.4 is 21.0 Å². The van der Waals surface area contributed by atoms with E-state index in [0.29, 0.717) is 0 Å². The minimum atomic E-state index is 0.813. The van der Waals surface area contributed by atoms with Gasteiger partial charge in [-0.05, 0) is 78.5 Å². The molecule has 0 unspecified atom stereocenters. The fourth-order valence-corrected chi connectivity index (χ4v) is 9.61. The van der Waals surface area contributed by atoms with Gasteiger partial charge in [0, 0.05) is 76.3 Å². The highest BCUT2D eigenvalue weighted by molar-refractivity contribution is 7.26. The molecule has 53 heavy (non-hydrogen) atoms. The minimum Gasteiger partial charge on any atom is -0.456 e. The Hall–Kier alpha value is -6.30. The number of hydrogen-bond donors (Lipinski definition) is 1. The molecule has 1 N–H and O–H groups in total. The zero-order valence-corrected chi connectivity index (χ0v) is 30.1. The van der Waals surface area contributed by atoms with E-state index in [-0.39, 0.29) is 0 Å². The first-order valence-corrected chi connectivity index (χ1v) is 18.8. The Morgan fingerprint density at radius 3 is 2.34 bits per heavy atom. The van der Waals surface area contributed by atoms with Crippen LogP contribution in [0.25, 0.3) is 70.1 Å². The van der Waals surface area contributed by atoms with Crippen LogP contribution in [0, 0.1) is 13.8 Å². The number of aromatic nitrogens is 1. The lowest BCUT2D eigenvalue weighted by Gasteiger charge is -2.28. The summed E-state index contributed by atoms with van der Waals surface area (Å²) in [5.41, 5.74) is 15.9. The van der Waals surface area contributed by atoms with Crippen LogP contribution >= 0.6 is 11.3 Å². The Morgan fingerprint density at radius 2 is 1.49 bits per heavy atom. The molecule has 1 radical (unpaired) electrons. The van der Waals surface area contributed by atoms with E-state index in [4.69, 9.17) is 4.74 Å². The van der Waals surface area contributed by atoms with Crippen molar-refractivity contribution in [1.29, 1.82) is 0 Å². The highest BCUT2D eigenvalue weighted by Gasteiger charge is 2.31. The third-order valence-electron chi connectivity index (χ3n) is 10.9. The summed E-state index contributed by atoms with van der Waals surface area (Å²) in [5.74, 6) is 1.64. The normalized spacial score (nSPS) is 13.2. The second-order valence-electron chi connectivity index (χ2n) is 14.2. The molecule has 0 bridgehead atoms. The zero-order chi connectivity index (χ0) is 35.4. The average Bonchev–Trinajstić information content (AvgIpc) is 3.74. The van der Waals surface area contributed by atoms with Crippen LogP contribution in [-0.2, 0) is 0 Å². The van der Waals surface area contributed by atoms with Crippen LogP contribution in [0.2, 0.25) is 0 Å². The van der Waals surface area contributed by atoms with E-state index in [1.54, 1.807) is 0 Å². The number of allylic oxidation sites excluding steroid dienone is 2. The largest absolute Gasteiger partial charge is 0.456 e. The number of aryl methyl sites for hydroxylation is 2. The Balaban J connectivity index is 1.20. The van der Waals surface area contributed by atoms with Crippen molar-refractivity contribution >= 4 is 94.2 Å². The quantitative estimate of drug-likeness (QED) is 0.186. The van der Waals surface area contributed by atoms with Gasteiger partial charge in [0.2, 0.25) is 0 Å². The topological polar surface area (TPSA) is 26.2 Å². The standard InChI is InChI=1S/C48H32BN2OS/c1-27-17-19-31(20-18-27)50-37-21-22-43-46(33-14-8-10-16-42(33)53-43)45(37)35-23-29(3)44-32-13-7-9-15-38(32)51-39-26-41-34(25-36(39)49-47(35)48(44)51)28(2)24-40(52-41)30-11-5-4-6-12-30/h4-26,50H,2H2,1,3H3. The number of thiophene rings is 1. The molecule has 0 atom stereocenters. The van der Waals surface area contributed by atoms with Crippen molar-refractivity contribution in [3.05, 3.63) is 168 Å². The van der Waals surface area contributed by atoms with Crippen LogP contribution in [0.4, 0.5) is 11.4 Å². The van der Waals surface area contributed by atoms with Gasteiger partial charge in [0.1, 0.15) is 11.5 Å².